The van der Waals surface area contributed by atoms with E-state index in [1.165, 1.54) is 6.33 Å². The Morgan fingerprint density at radius 3 is 3.09 bits per heavy atom. The predicted octanol–water partition coefficient (Wildman–Crippen LogP) is 1.28. The molecule has 0 saturated heterocycles. The van der Waals surface area contributed by atoms with Crippen LogP contribution in [0.5, 0.6) is 0 Å². The zero-order chi connectivity index (χ0) is 8.10. The summed E-state index contributed by atoms with van der Waals surface area (Å²) < 4.78 is 0.743. The molecule has 0 spiro atoms. The molecule has 4 heteroatoms. The highest BCUT2D eigenvalue weighted by molar-refractivity contribution is 9.10. The fourth-order valence-corrected chi connectivity index (χ4v) is 0.880. The van der Waals surface area contributed by atoms with Gasteiger partial charge in [-0.3, -0.25) is 0 Å². The number of hydrogen-bond donors (Lipinski definition) is 1. The Hall–Kier alpha value is -1.08. The summed E-state index contributed by atoms with van der Waals surface area (Å²) in [7, 11) is 0. The van der Waals surface area contributed by atoms with Gasteiger partial charge in [-0.15, -0.1) is 6.42 Å². The number of terminal acetylenes is 1. The molecule has 11 heavy (non-hydrogen) atoms. The van der Waals surface area contributed by atoms with E-state index >= 15 is 0 Å². The van der Waals surface area contributed by atoms with Crippen molar-refractivity contribution in [2.75, 3.05) is 11.9 Å². The van der Waals surface area contributed by atoms with Gasteiger partial charge in [-0.2, -0.15) is 0 Å². The maximum atomic E-state index is 5.05. The first kappa shape index (κ1) is 8.02. The van der Waals surface area contributed by atoms with Crippen molar-refractivity contribution in [2.24, 2.45) is 0 Å². The Balaban J connectivity index is 2.65. The lowest BCUT2D eigenvalue weighted by Gasteiger charge is -1.99. The third kappa shape index (κ3) is 2.56. The minimum absolute atomic E-state index is 0.476. The lowest BCUT2D eigenvalue weighted by Crippen LogP contribution is -2.00. The molecular formula is C7H6BrN3. The van der Waals surface area contributed by atoms with Gasteiger partial charge in [0.1, 0.15) is 16.7 Å². The molecule has 0 fully saturated rings. The first-order valence-corrected chi connectivity index (χ1v) is 3.77. The van der Waals surface area contributed by atoms with Crippen LogP contribution in [0.2, 0.25) is 0 Å². The average molecular weight is 212 g/mol. The van der Waals surface area contributed by atoms with Gasteiger partial charge < -0.3 is 5.32 Å². The first-order valence-electron chi connectivity index (χ1n) is 2.98. The molecule has 0 aliphatic carbocycles. The number of hydrogen-bond acceptors (Lipinski definition) is 3. The molecule has 56 valence electrons. The second-order valence-electron chi connectivity index (χ2n) is 1.78. The van der Waals surface area contributed by atoms with Gasteiger partial charge in [-0.1, -0.05) is 5.92 Å². The number of rotatable bonds is 2. The predicted molar refractivity (Wildman–Crippen MR) is 47.1 cm³/mol. The van der Waals surface area contributed by atoms with Crippen LogP contribution in [-0.2, 0) is 0 Å². The molecule has 1 aromatic heterocycles. The molecule has 0 atom stereocenters. The number of nitrogens with one attached hydrogen (secondary N) is 1. The summed E-state index contributed by atoms with van der Waals surface area (Å²) in [5, 5.41) is 2.92. The molecule has 0 aliphatic rings. The summed E-state index contributed by atoms with van der Waals surface area (Å²) in [4.78, 5) is 7.79. The van der Waals surface area contributed by atoms with Crippen molar-refractivity contribution in [1.82, 2.24) is 9.97 Å². The smallest absolute Gasteiger partial charge is 0.131 e. The zero-order valence-corrected chi connectivity index (χ0v) is 7.30. The Bertz CT molecular complexity index is 279. The molecule has 1 N–H and O–H groups in total. The van der Waals surface area contributed by atoms with E-state index in [0.29, 0.717) is 6.54 Å². The Labute approximate surface area is 73.4 Å². The number of halogens is 1. The van der Waals surface area contributed by atoms with Crippen LogP contribution in [0.15, 0.2) is 17.0 Å². The Morgan fingerprint density at radius 1 is 1.64 bits per heavy atom. The molecule has 0 unspecified atom stereocenters. The summed E-state index contributed by atoms with van der Waals surface area (Å²) in [5.74, 6) is 3.18. The number of anilines is 1. The normalized spacial score (nSPS) is 8.73. The van der Waals surface area contributed by atoms with Gasteiger partial charge in [0.05, 0.1) is 6.54 Å². The third-order valence-electron chi connectivity index (χ3n) is 1.01. The van der Waals surface area contributed by atoms with Crippen LogP contribution in [0, 0.1) is 12.3 Å². The van der Waals surface area contributed by atoms with E-state index < -0.39 is 0 Å². The van der Waals surface area contributed by atoms with Gasteiger partial charge in [0.15, 0.2) is 0 Å². The van der Waals surface area contributed by atoms with Crippen LogP contribution in [0.4, 0.5) is 5.82 Å². The number of aromatic nitrogens is 2. The van der Waals surface area contributed by atoms with E-state index in [4.69, 9.17) is 6.42 Å². The van der Waals surface area contributed by atoms with Gasteiger partial charge in [0.2, 0.25) is 0 Å². The molecule has 0 aromatic carbocycles. The first-order chi connectivity index (χ1) is 5.33. The van der Waals surface area contributed by atoms with Gasteiger partial charge >= 0.3 is 0 Å². The van der Waals surface area contributed by atoms with Crippen LogP contribution >= 0.6 is 15.9 Å². The maximum absolute atomic E-state index is 5.05. The SMILES string of the molecule is C#CCNc1cc(Br)ncn1. The minimum Gasteiger partial charge on any atom is -0.359 e. The Morgan fingerprint density at radius 2 is 2.45 bits per heavy atom. The molecule has 3 nitrogen and oxygen atoms in total. The Kier molecular flexibility index (Phi) is 2.87. The monoisotopic (exact) mass is 211 g/mol. The largest absolute Gasteiger partial charge is 0.359 e. The fourth-order valence-electron chi connectivity index (χ4n) is 0.572. The number of nitrogens with zero attached hydrogens (tertiary/aromatic N) is 2. The van der Waals surface area contributed by atoms with Gasteiger partial charge in [0, 0.05) is 6.07 Å². The molecule has 1 rings (SSSR count). The van der Waals surface area contributed by atoms with E-state index in [1.807, 2.05) is 0 Å². The topological polar surface area (TPSA) is 37.8 Å². The van der Waals surface area contributed by atoms with Crippen LogP contribution in [0.25, 0.3) is 0 Å². The van der Waals surface area contributed by atoms with Crippen LogP contribution in [-0.4, -0.2) is 16.5 Å². The highest BCUT2D eigenvalue weighted by atomic mass is 79.9. The molecular weight excluding hydrogens is 206 g/mol. The van der Waals surface area contributed by atoms with Crippen LogP contribution in [0.3, 0.4) is 0 Å². The van der Waals surface area contributed by atoms with Crippen molar-refractivity contribution >= 4 is 21.7 Å². The molecule has 0 amide bonds. The van der Waals surface area contributed by atoms with E-state index in [9.17, 15) is 0 Å². The summed E-state index contributed by atoms with van der Waals surface area (Å²) >= 11 is 3.21. The maximum Gasteiger partial charge on any atom is 0.131 e. The van der Waals surface area contributed by atoms with E-state index in [1.54, 1.807) is 6.07 Å². The zero-order valence-electron chi connectivity index (χ0n) is 5.71. The summed E-state index contributed by atoms with van der Waals surface area (Å²) in [6.07, 6.45) is 6.51. The van der Waals surface area contributed by atoms with Crippen molar-refractivity contribution in [3.8, 4) is 12.3 Å². The average Bonchev–Trinajstić information content (AvgIpc) is 2.01. The van der Waals surface area contributed by atoms with Crippen LogP contribution in [0.1, 0.15) is 0 Å². The highest BCUT2D eigenvalue weighted by Crippen LogP contribution is 2.08. The van der Waals surface area contributed by atoms with Crippen molar-refractivity contribution < 1.29 is 0 Å². The standard InChI is InChI=1S/C7H6BrN3/c1-2-3-9-7-4-6(8)10-5-11-7/h1,4-5H,3H2,(H,9,10,11). The molecule has 0 bridgehead atoms. The van der Waals surface area contributed by atoms with Crippen molar-refractivity contribution in [3.63, 3.8) is 0 Å². The van der Waals surface area contributed by atoms with E-state index in [0.717, 1.165) is 10.4 Å². The fraction of sp³-hybridized carbons (Fsp3) is 0.143. The minimum atomic E-state index is 0.476. The quantitative estimate of drug-likeness (QED) is 0.592. The lowest BCUT2D eigenvalue weighted by atomic mass is 10.5. The highest BCUT2D eigenvalue weighted by Gasteiger charge is 1.91. The molecule has 0 radical (unpaired) electrons. The molecule has 0 aliphatic heterocycles. The van der Waals surface area contributed by atoms with E-state index in [-0.39, 0.29) is 0 Å². The van der Waals surface area contributed by atoms with Crippen molar-refractivity contribution in [1.29, 1.82) is 0 Å². The van der Waals surface area contributed by atoms with E-state index in [2.05, 4.69) is 37.1 Å². The van der Waals surface area contributed by atoms with Crippen molar-refractivity contribution in [2.45, 2.75) is 0 Å². The summed E-state index contributed by atoms with van der Waals surface area (Å²) in [6.45, 7) is 0.476. The molecule has 1 aromatic rings. The summed E-state index contributed by atoms with van der Waals surface area (Å²) in [5.41, 5.74) is 0. The van der Waals surface area contributed by atoms with Gasteiger partial charge in [0.25, 0.3) is 0 Å². The van der Waals surface area contributed by atoms with Crippen LogP contribution < -0.4 is 5.32 Å². The second-order valence-corrected chi connectivity index (χ2v) is 2.60. The van der Waals surface area contributed by atoms with Gasteiger partial charge in [-0.05, 0) is 15.9 Å². The molecule has 0 saturated carbocycles. The lowest BCUT2D eigenvalue weighted by molar-refractivity contribution is 1.12. The van der Waals surface area contributed by atoms with Gasteiger partial charge in [-0.25, -0.2) is 9.97 Å². The molecule has 1 heterocycles. The summed E-state index contributed by atoms with van der Waals surface area (Å²) in [6, 6.07) is 1.76. The van der Waals surface area contributed by atoms with Crippen molar-refractivity contribution in [3.05, 3.63) is 17.0 Å². The third-order valence-corrected chi connectivity index (χ3v) is 1.44. The second kappa shape index (κ2) is 3.94.